The molecule has 1 saturated heterocycles. The topological polar surface area (TPSA) is 55.9 Å². The summed E-state index contributed by atoms with van der Waals surface area (Å²) >= 11 is 0. The van der Waals surface area contributed by atoms with Crippen LogP contribution in [0.2, 0.25) is 0 Å². The van der Waals surface area contributed by atoms with Gasteiger partial charge >= 0.3 is 0 Å². The molecule has 1 rings (SSSR count). The minimum absolute atomic E-state index is 0.0124. The van der Waals surface area contributed by atoms with Gasteiger partial charge in [0.15, 0.2) is 0 Å². The van der Waals surface area contributed by atoms with Crippen molar-refractivity contribution < 1.29 is 17.3 Å². The molecule has 0 aromatic rings. The third-order valence-corrected chi connectivity index (χ3v) is 4.37. The van der Waals surface area contributed by atoms with Gasteiger partial charge < -0.3 is 4.74 Å². The van der Waals surface area contributed by atoms with Crippen molar-refractivity contribution in [3.63, 3.8) is 0 Å². The Kier molecular flexibility index (Phi) is 7.86. The van der Waals surface area contributed by atoms with Gasteiger partial charge in [-0.3, -0.25) is 4.18 Å². The van der Waals surface area contributed by atoms with Crippen molar-refractivity contribution in [1.82, 2.24) is 0 Å². The van der Waals surface area contributed by atoms with Gasteiger partial charge in [0, 0.05) is 0 Å². The highest BCUT2D eigenvalue weighted by atomic mass is 32.2. The predicted molar refractivity (Wildman–Crippen MR) is 72.1 cm³/mol. The molecule has 0 saturated carbocycles. The highest BCUT2D eigenvalue weighted by Gasteiger charge is 2.25. The fraction of sp³-hybridized carbons (Fsp3) is 1.00. The standard InChI is InChI=1S/C13H26O4S/c1-2-3-4-5-6-7-8-9-10-18(14,15)17-12-13-11-16-13/h13H,2-12H2,1H3. The van der Waals surface area contributed by atoms with Crippen LogP contribution in [0.3, 0.4) is 0 Å². The van der Waals surface area contributed by atoms with Gasteiger partial charge in [-0.25, -0.2) is 0 Å². The first-order valence-corrected chi connectivity index (χ1v) is 8.70. The molecular weight excluding hydrogens is 252 g/mol. The molecule has 0 aromatic heterocycles. The smallest absolute Gasteiger partial charge is 0.267 e. The zero-order valence-electron chi connectivity index (χ0n) is 11.4. The van der Waals surface area contributed by atoms with E-state index in [1.165, 1.54) is 32.1 Å². The van der Waals surface area contributed by atoms with Crippen molar-refractivity contribution in [2.45, 2.75) is 64.4 Å². The maximum Gasteiger partial charge on any atom is 0.267 e. The van der Waals surface area contributed by atoms with Crippen LogP contribution in [0.25, 0.3) is 0 Å². The molecule has 0 aliphatic carbocycles. The van der Waals surface area contributed by atoms with Crippen LogP contribution in [0.1, 0.15) is 58.3 Å². The van der Waals surface area contributed by atoms with E-state index in [-0.39, 0.29) is 18.5 Å². The normalized spacial score (nSPS) is 19.1. The molecule has 108 valence electrons. The van der Waals surface area contributed by atoms with Crippen molar-refractivity contribution in [1.29, 1.82) is 0 Å². The number of ether oxygens (including phenoxy) is 1. The van der Waals surface area contributed by atoms with Gasteiger partial charge in [0.1, 0.15) is 6.10 Å². The SMILES string of the molecule is CCCCCCCCCCS(=O)(=O)OCC1CO1. The summed E-state index contributed by atoms with van der Waals surface area (Å²) in [6, 6.07) is 0. The van der Waals surface area contributed by atoms with Gasteiger partial charge in [-0.2, -0.15) is 8.42 Å². The summed E-state index contributed by atoms with van der Waals surface area (Å²) < 4.78 is 32.7. The average molecular weight is 278 g/mol. The summed E-state index contributed by atoms with van der Waals surface area (Å²) in [5, 5.41) is 0. The van der Waals surface area contributed by atoms with Crippen LogP contribution >= 0.6 is 0 Å². The van der Waals surface area contributed by atoms with Crippen molar-refractivity contribution in [2.75, 3.05) is 19.0 Å². The Labute approximate surface area is 111 Å². The Bertz CT molecular complexity index is 296. The third-order valence-electron chi connectivity index (χ3n) is 3.08. The summed E-state index contributed by atoms with van der Waals surface area (Å²) in [6.45, 7) is 3.03. The number of hydrogen-bond donors (Lipinski definition) is 0. The molecule has 1 fully saturated rings. The number of unbranched alkanes of at least 4 members (excludes halogenated alkanes) is 7. The molecule has 1 aliphatic heterocycles. The number of hydrogen-bond acceptors (Lipinski definition) is 4. The van der Waals surface area contributed by atoms with Crippen molar-refractivity contribution in [3.8, 4) is 0 Å². The van der Waals surface area contributed by atoms with Crippen LogP contribution in [-0.2, 0) is 19.0 Å². The molecule has 0 bridgehead atoms. The molecule has 4 nitrogen and oxygen atoms in total. The first kappa shape index (κ1) is 15.9. The second-order valence-corrected chi connectivity index (χ2v) is 6.74. The lowest BCUT2D eigenvalue weighted by Crippen LogP contribution is -2.14. The van der Waals surface area contributed by atoms with E-state index >= 15 is 0 Å². The van der Waals surface area contributed by atoms with E-state index in [2.05, 4.69) is 6.92 Å². The summed E-state index contributed by atoms with van der Waals surface area (Å²) in [4.78, 5) is 0. The summed E-state index contributed by atoms with van der Waals surface area (Å²) in [6.07, 6.45) is 9.21. The van der Waals surface area contributed by atoms with E-state index in [4.69, 9.17) is 8.92 Å². The van der Waals surface area contributed by atoms with E-state index in [9.17, 15) is 8.42 Å². The summed E-state index contributed by atoms with van der Waals surface area (Å²) in [5.41, 5.74) is 0. The van der Waals surface area contributed by atoms with Gasteiger partial charge in [0.05, 0.1) is 19.0 Å². The Morgan fingerprint density at radius 3 is 2.17 bits per heavy atom. The fourth-order valence-electron chi connectivity index (χ4n) is 1.82. The molecule has 18 heavy (non-hydrogen) atoms. The van der Waals surface area contributed by atoms with Crippen molar-refractivity contribution in [3.05, 3.63) is 0 Å². The highest BCUT2D eigenvalue weighted by Crippen LogP contribution is 2.12. The lowest BCUT2D eigenvalue weighted by molar-refractivity contribution is 0.266. The third kappa shape index (κ3) is 8.89. The molecule has 0 spiro atoms. The molecular formula is C13H26O4S. The average Bonchev–Trinajstić information content (AvgIpc) is 3.14. The van der Waals surface area contributed by atoms with Crippen molar-refractivity contribution in [2.24, 2.45) is 0 Å². The van der Waals surface area contributed by atoms with Gasteiger partial charge in [-0.1, -0.05) is 51.9 Å². The van der Waals surface area contributed by atoms with E-state index in [0.29, 0.717) is 13.0 Å². The Morgan fingerprint density at radius 2 is 1.61 bits per heavy atom. The molecule has 1 unspecified atom stereocenters. The zero-order valence-corrected chi connectivity index (χ0v) is 12.2. The highest BCUT2D eigenvalue weighted by molar-refractivity contribution is 7.86. The molecule has 0 aromatic carbocycles. The minimum Gasteiger partial charge on any atom is -0.371 e. The van der Waals surface area contributed by atoms with Gasteiger partial charge in [0.2, 0.25) is 0 Å². The Hall–Kier alpha value is -0.130. The zero-order chi connectivity index (χ0) is 13.3. The minimum atomic E-state index is -3.32. The summed E-state index contributed by atoms with van der Waals surface area (Å²) in [5.74, 6) is 0.147. The first-order valence-electron chi connectivity index (χ1n) is 7.13. The maximum absolute atomic E-state index is 11.5. The van der Waals surface area contributed by atoms with Crippen LogP contribution in [0.15, 0.2) is 0 Å². The molecule has 0 radical (unpaired) electrons. The Balaban J connectivity index is 1.89. The van der Waals surface area contributed by atoms with Gasteiger partial charge in [-0.05, 0) is 6.42 Å². The first-order chi connectivity index (χ1) is 8.64. The van der Waals surface area contributed by atoms with E-state index in [1.807, 2.05) is 0 Å². The molecule has 0 amide bonds. The second-order valence-electron chi connectivity index (χ2n) is 4.98. The van der Waals surface area contributed by atoms with E-state index < -0.39 is 10.1 Å². The lowest BCUT2D eigenvalue weighted by atomic mass is 10.1. The van der Waals surface area contributed by atoms with Crippen molar-refractivity contribution >= 4 is 10.1 Å². The summed E-state index contributed by atoms with van der Waals surface area (Å²) in [7, 11) is -3.32. The fourth-order valence-corrected chi connectivity index (χ4v) is 2.85. The van der Waals surface area contributed by atoms with E-state index in [0.717, 1.165) is 12.8 Å². The molecule has 5 heteroatoms. The van der Waals surface area contributed by atoms with Gasteiger partial charge in [0.25, 0.3) is 10.1 Å². The largest absolute Gasteiger partial charge is 0.371 e. The van der Waals surface area contributed by atoms with E-state index in [1.54, 1.807) is 0 Å². The second kappa shape index (κ2) is 8.88. The maximum atomic E-state index is 11.5. The molecule has 0 N–H and O–H groups in total. The number of epoxide rings is 1. The Morgan fingerprint density at radius 1 is 1.06 bits per heavy atom. The quantitative estimate of drug-likeness (QED) is 0.313. The monoisotopic (exact) mass is 278 g/mol. The molecule has 1 aliphatic rings. The predicted octanol–water partition coefficient (Wildman–Crippen LogP) is 2.87. The van der Waals surface area contributed by atoms with Crippen LogP contribution in [0.4, 0.5) is 0 Å². The van der Waals surface area contributed by atoms with Crippen LogP contribution in [0, 0.1) is 0 Å². The molecule has 1 heterocycles. The van der Waals surface area contributed by atoms with Crippen LogP contribution in [-0.4, -0.2) is 33.5 Å². The van der Waals surface area contributed by atoms with Crippen LogP contribution < -0.4 is 0 Å². The molecule has 1 atom stereocenters. The number of rotatable bonds is 12. The van der Waals surface area contributed by atoms with Gasteiger partial charge in [-0.15, -0.1) is 0 Å². The van der Waals surface area contributed by atoms with Crippen LogP contribution in [0.5, 0.6) is 0 Å². The lowest BCUT2D eigenvalue weighted by Gasteiger charge is -2.04.